The fraction of sp³-hybridized carbons (Fsp3) is 0.0556. The SMILES string of the molecule is O=C(OCc1ccc2ccccc2c1)c1cc([N+](=O)[O-])ccc1Cl. The number of esters is 1. The molecule has 0 fully saturated rings. The predicted molar refractivity (Wildman–Crippen MR) is 91.2 cm³/mol. The van der Waals surface area contributed by atoms with Gasteiger partial charge in [-0.25, -0.2) is 4.79 Å². The molecule has 0 aliphatic heterocycles. The minimum Gasteiger partial charge on any atom is -0.457 e. The molecular weight excluding hydrogens is 330 g/mol. The zero-order valence-corrected chi connectivity index (χ0v) is 13.2. The van der Waals surface area contributed by atoms with E-state index < -0.39 is 10.9 Å². The van der Waals surface area contributed by atoms with E-state index in [4.69, 9.17) is 16.3 Å². The summed E-state index contributed by atoms with van der Waals surface area (Å²) in [4.78, 5) is 22.4. The number of rotatable bonds is 4. The van der Waals surface area contributed by atoms with E-state index >= 15 is 0 Å². The number of ether oxygens (including phenoxy) is 1. The first kappa shape index (κ1) is 16.0. The van der Waals surface area contributed by atoms with Gasteiger partial charge in [-0.15, -0.1) is 0 Å². The van der Waals surface area contributed by atoms with Crippen LogP contribution < -0.4 is 0 Å². The van der Waals surface area contributed by atoms with Crippen LogP contribution in [0.2, 0.25) is 5.02 Å². The van der Waals surface area contributed by atoms with Crippen molar-refractivity contribution >= 4 is 34.0 Å². The number of non-ortho nitro benzene ring substituents is 1. The topological polar surface area (TPSA) is 69.4 Å². The van der Waals surface area contributed by atoms with Gasteiger partial charge in [0.1, 0.15) is 6.61 Å². The lowest BCUT2D eigenvalue weighted by molar-refractivity contribution is -0.384. The molecule has 0 radical (unpaired) electrons. The molecule has 5 nitrogen and oxygen atoms in total. The van der Waals surface area contributed by atoms with E-state index in [-0.39, 0.29) is 22.9 Å². The maximum atomic E-state index is 12.1. The molecule has 0 aromatic heterocycles. The molecule has 120 valence electrons. The van der Waals surface area contributed by atoms with Crippen LogP contribution in [0.3, 0.4) is 0 Å². The summed E-state index contributed by atoms with van der Waals surface area (Å²) in [5, 5.41) is 13.0. The first-order chi connectivity index (χ1) is 11.5. The summed E-state index contributed by atoms with van der Waals surface area (Å²) >= 11 is 5.93. The molecule has 0 saturated carbocycles. The predicted octanol–water partition coefficient (Wildman–Crippen LogP) is 4.76. The third-order valence-electron chi connectivity index (χ3n) is 3.56. The Kier molecular flexibility index (Phi) is 4.44. The van der Waals surface area contributed by atoms with Gasteiger partial charge in [-0.1, -0.05) is 48.0 Å². The highest BCUT2D eigenvalue weighted by atomic mass is 35.5. The molecule has 0 saturated heterocycles. The van der Waals surface area contributed by atoms with Gasteiger partial charge in [-0.05, 0) is 28.5 Å². The molecule has 0 unspecified atom stereocenters. The summed E-state index contributed by atoms with van der Waals surface area (Å²) in [7, 11) is 0. The molecule has 0 amide bonds. The fourth-order valence-corrected chi connectivity index (χ4v) is 2.53. The van der Waals surface area contributed by atoms with Gasteiger partial charge < -0.3 is 4.74 Å². The quantitative estimate of drug-likeness (QED) is 0.390. The number of benzene rings is 3. The maximum Gasteiger partial charge on any atom is 0.340 e. The van der Waals surface area contributed by atoms with E-state index in [0.717, 1.165) is 22.4 Å². The largest absolute Gasteiger partial charge is 0.457 e. The molecule has 0 heterocycles. The Bertz CT molecular complexity index is 939. The Hall–Kier alpha value is -2.92. The standard InChI is InChI=1S/C18H12ClNO4/c19-17-8-7-15(20(22)23)10-16(17)18(21)24-11-12-5-6-13-3-1-2-4-14(13)9-12/h1-10H,11H2. The lowest BCUT2D eigenvalue weighted by atomic mass is 10.1. The highest BCUT2D eigenvalue weighted by Gasteiger charge is 2.17. The number of nitrogens with zero attached hydrogens (tertiary/aromatic N) is 1. The summed E-state index contributed by atoms with van der Waals surface area (Å²) in [6, 6.07) is 17.3. The van der Waals surface area contributed by atoms with Gasteiger partial charge in [0, 0.05) is 12.1 Å². The van der Waals surface area contributed by atoms with Crippen LogP contribution in [0.5, 0.6) is 0 Å². The molecular formula is C18H12ClNO4. The third-order valence-corrected chi connectivity index (χ3v) is 3.89. The summed E-state index contributed by atoms with van der Waals surface area (Å²) in [5.41, 5.74) is 0.590. The van der Waals surface area contributed by atoms with Gasteiger partial charge >= 0.3 is 5.97 Å². The van der Waals surface area contributed by atoms with Gasteiger partial charge in [0.25, 0.3) is 5.69 Å². The molecule has 0 aliphatic rings. The Morgan fingerprint density at radius 3 is 2.54 bits per heavy atom. The molecule has 24 heavy (non-hydrogen) atoms. The average molecular weight is 342 g/mol. The minimum atomic E-state index is -0.697. The fourth-order valence-electron chi connectivity index (χ4n) is 2.34. The van der Waals surface area contributed by atoms with Crippen LogP contribution in [-0.2, 0) is 11.3 Å². The van der Waals surface area contributed by atoms with Crippen molar-refractivity contribution in [2.24, 2.45) is 0 Å². The summed E-state index contributed by atoms with van der Waals surface area (Å²) in [5.74, 6) is -0.697. The molecule has 3 aromatic rings. The van der Waals surface area contributed by atoms with Crippen LogP contribution >= 0.6 is 11.6 Å². The Labute approximate surface area is 142 Å². The molecule has 0 bridgehead atoms. The molecule has 0 N–H and O–H groups in total. The van der Waals surface area contributed by atoms with Crippen LogP contribution in [0.15, 0.2) is 60.7 Å². The second-order valence-electron chi connectivity index (χ2n) is 5.18. The van der Waals surface area contributed by atoms with Crippen molar-refractivity contribution in [2.75, 3.05) is 0 Å². The lowest BCUT2D eigenvalue weighted by Gasteiger charge is -2.07. The molecule has 6 heteroatoms. The third kappa shape index (κ3) is 3.36. The summed E-state index contributed by atoms with van der Waals surface area (Å²) in [6.07, 6.45) is 0. The molecule has 0 atom stereocenters. The number of carbonyl (C=O) groups is 1. The Morgan fingerprint density at radius 1 is 1.04 bits per heavy atom. The van der Waals surface area contributed by atoms with Gasteiger partial charge in [-0.3, -0.25) is 10.1 Å². The van der Waals surface area contributed by atoms with E-state index in [1.807, 2.05) is 42.5 Å². The number of carbonyl (C=O) groups excluding carboxylic acids is 1. The minimum absolute atomic E-state index is 0.0216. The van der Waals surface area contributed by atoms with Gasteiger partial charge in [0.2, 0.25) is 0 Å². The van der Waals surface area contributed by atoms with Crippen molar-refractivity contribution in [2.45, 2.75) is 6.61 Å². The number of halogens is 1. The summed E-state index contributed by atoms with van der Waals surface area (Å²) in [6.45, 7) is 0.0582. The van der Waals surface area contributed by atoms with E-state index in [2.05, 4.69) is 0 Å². The zero-order chi connectivity index (χ0) is 17.1. The number of hydrogen-bond acceptors (Lipinski definition) is 4. The van der Waals surface area contributed by atoms with Crippen LogP contribution in [-0.4, -0.2) is 10.9 Å². The van der Waals surface area contributed by atoms with Crippen LogP contribution in [0, 0.1) is 10.1 Å². The van der Waals surface area contributed by atoms with Gasteiger partial charge in [0.15, 0.2) is 0 Å². The molecule has 3 rings (SSSR count). The van der Waals surface area contributed by atoms with Crippen molar-refractivity contribution in [3.05, 3.63) is 86.9 Å². The second-order valence-corrected chi connectivity index (χ2v) is 5.59. The van der Waals surface area contributed by atoms with Crippen molar-refractivity contribution in [1.29, 1.82) is 0 Å². The van der Waals surface area contributed by atoms with Gasteiger partial charge in [0.05, 0.1) is 15.5 Å². The highest BCUT2D eigenvalue weighted by Crippen LogP contribution is 2.23. The number of hydrogen-bond donors (Lipinski definition) is 0. The highest BCUT2D eigenvalue weighted by molar-refractivity contribution is 6.33. The normalized spacial score (nSPS) is 10.5. The number of nitro benzene ring substituents is 1. The van der Waals surface area contributed by atoms with Crippen LogP contribution in [0.1, 0.15) is 15.9 Å². The van der Waals surface area contributed by atoms with Crippen LogP contribution in [0.25, 0.3) is 10.8 Å². The lowest BCUT2D eigenvalue weighted by Crippen LogP contribution is -2.06. The molecule has 0 spiro atoms. The van der Waals surface area contributed by atoms with Crippen LogP contribution in [0.4, 0.5) is 5.69 Å². The average Bonchev–Trinajstić information content (AvgIpc) is 2.59. The van der Waals surface area contributed by atoms with Crippen molar-refractivity contribution in [1.82, 2.24) is 0 Å². The Morgan fingerprint density at radius 2 is 1.79 bits per heavy atom. The molecule has 3 aromatic carbocycles. The van der Waals surface area contributed by atoms with E-state index in [1.165, 1.54) is 12.1 Å². The summed E-state index contributed by atoms with van der Waals surface area (Å²) < 4.78 is 5.23. The monoisotopic (exact) mass is 341 g/mol. The zero-order valence-electron chi connectivity index (χ0n) is 12.4. The van der Waals surface area contributed by atoms with Crippen molar-refractivity contribution in [3.8, 4) is 0 Å². The van der Waals surface area contributed by atoms with E-state index in [9.17, 15) is 14.9 Å². The second kappa shape index (κ2) is 6.68. The molecule has 0 aliphatic carbocycles. The first-order valence-corrected chi connectivity index (χ1v) is 7.51. The van der Waals surface area contributed by atoms with Crippen molar-refractivity contribution in [3.63, 3.8) is 0 Å². The van der Waals surface area contributed by atoms with Gasteiger partial charge in [-0.2, -0.15) is 0 Å². The Balaban J connectivity index is 1.77. The van der Waals surface area contributed by atoms with E-state index in [0.29, 0.717) is 0 Å². The maximum absolute atomic E-state index is 12.1. The van der Waals surface area contributed by atoms with E-state index in [1.54, 1.807) is 0 Å². The first-order valence-electron chi connectivity index (χ1n) is 7.13. The van der Waals surface area contributed by atoms with Crippen molar-refractivity contribution < 1.29 is 14.5 Å². The number of fused-ring (bicyclic) bond motifs is 1. The smallest absolute Gasteiger partial charge is 0.340 e. The number of nitro groups is 1.